The monoisotopic (exact) mass is 539 g/mol. The highest BCUT2D eigenvalue weighted by molar-refractivity contribution is 8.00. The molecule has 0 bridgehead atoms. The Morgan fingerprint density at radius 2 is 2.14 bits per heavy atom. The predicted octanol–water partition coefficient (Wildman–Crippen LogP) is -0.594. The second-order valence-electron chi connectivity index (χ2n) is 8.09. The number of amides is 2. The molecular weight excluding hydrogens is 518 g/mol. The summed E-state index contributed by atoms with van der Waals surface area (Å²) in [5.41, 5.74) is 7.00. The Morgan fingerprint density at radius 1 is 1.35 bits per heavy atom. The number of hydrogen-bond donors (Lipinski definition) is 2. The van der Waals surface area contributed by atoms with E-state index in [1.54, 1.807) is 18.3 Å². The van der Waals surface area contributed by atoms with Crippen molar-refractivity contribution in [1.29, 1.82) is 0 Å². The molecule has 0 radical (unpaired) electrons. The Morgan fingerprint density at radius 3 is 2.86 bits per heavy atom. The second-order valence-corrected chi connectivity index (χ2v) is 10.1. The standard InChI is InChI=1S/C23H21N7O5S2/c1-2-35-28-16(12-8-25-23(24)26-9-12)19(31)27-17-20(32)30-18(22(33)34)13(11-37-21(17)30)10-29-6-3-4-15-14(29)5-7-36-15/h3-9,17,21H,2,10-11H2,1H3,(H3-,24,25,26,27,28,31,33,34)/t17?,21-/m0/s1. The predicted molar refractivity (Wildman–Crippen MR) is 134 cm³/mol. The lowest BCUT2D eigenvalue weighted by Gasteiger charge is -2.50. The number of thiophene rings is 1. The summed E-state index contributed by atoms with van der Waals surface area (Å²) >= 11 is 2.96. The summed E-state index contributed by atoms with van der Waals surface area (Å²) in [6, 6.07) is 4.89. The zero-order chi connectivity index (χ0) is 26.1. The van der Waals surface area contributed by atoms with Gasteiger partial charge in [-0.1, -0.05) is 5.16 Å². The number of aliphatic carboxylic acids is 1. The molecule has 2 amide bonds. The number of thioether (sulfide) groups is 1. The van der Waals surface area contributed by atoms with Crippen LogP contribution in [-0.2, 0) is 25.8 Å². The Balaban J connectivity index is 1.37. The molecule has 2 atom stereocenters. The third-order valence-electron chi connectivity index (χ3n) is 5.83. The first-order valence-electron chi connectivity index (χ1n) is 11.2. The van der Waals surface area contributed by atoms with E-state index in [0.717, 1.165) is 10.2 Å². The molecule has 5 heterocycles. The molecule has 14 heteroatoms. The third-order valence-corrected chi connectivity index (χ3v) is 8.04. The van der Waals surface area contributed by atoms with E-state index < -0.39 is 29.2 Å². The summed E-state index contributed by atoms with van der Waals surface area (Å²) in [5.74, 6) is -2.30. The Labute approximate surface area is 218 Å². The molecule has 0 aliphatic carbocycles. The summed E-state index contributed by atoms with van der Waals surface area (Å²) in [7, 11) is 0. The van der Waals surface area contributed by atoms with Crippen molar-refractivity contribution >= 4 is 62.8 Å². The number of fused-ring (bicyclic) bond motifs is 2. The minimum Gasteiger partial charge on any atom is -0.543 e. The Bertz CT molecular complexity index is 1450. The van der Waals surface area contributed by atoms with Crippen LogP contribution >= 0.6 is 23.1 Å². The van der Waals surface area contributed by atoms with Gasteiger partial charge in [-0.3, -0.25) is 14.5 Å². The van der Waals surface area contributed by atoms with E-state index in [0.29, 0.717) is 17.9 Å². The van der Waals surface area contributed by atoms with Gasteiger partial charge in [-0.15, -0.1) is 23.1 Å². The lowest BCUT2D eigenvalue weighted by molar-refractivity contribution is -0.663. The van der Waals surface area contributed by atoms with Crippen molar-refractivity contribution in [3.63, 3.8) is 0 Å². The van der Waals surface area contributed by atoms with Gasteiger partial charge in [-0.25, -0.2) is 9.97 Å². The fourth-order valence-corrected chi connectivity index (χ4v) is 6.29. The van der Waals surface area contributed by atoms with Crippen molar-refractivity contribution in [2.45, 2.75) is 24.9 Å². The van der Waals surface area contributed by atoms with Crippen LogP contribution in [0.3, 0.4) is 0 Å². The first-order valence-corrected chi connectivity index (χ1v) is 13.1. The Kier molecular flexibility index (Phi) is 6.76. The van der Waals surface area contributed by atoms with E-state index in [2.05, 4.69) is 20.4 Å². The van der Waals surface area contributed by atoms with Gasteiger partial charge in [-0.2, -0.15) is 4.57 Å². The Hall–Kier alpha value is -4.04. The van der Waals surface area contributed by atoms with Crippen LogP contribution in [0.15, 0.2) is 58.6 Å². The molecule has 37 heavy (non-hydrogen) atoms. The molecule has 1 unspecified atom stereocenters. The number of nitrogens with one attached hydrogen (secondary N) is 1. The fraction of sp³-hybridized carbons (Fsp3) is 0.261. The zero-order valence-corrected chi connectivity index (χ0v) is 21.1. The SMILES string of the molecule is CCON=C(C(=O)NC1C(=O)N2C(C(=O)[O-])=C(C[n+]3cccc4sccc43)CS[C@@H]12)c1cnc(N)nc1. The summed E-state index contributed by atoms with van der Waals surface area (Å²) in [4.78, 5) is 52.2. The first-order chi connectivity index (χ1) is 17.9. The number of carboxylic acids is 1. The van der Waals surface area contributed by atoms with Gasteiger partial charge < -0.3 is 25.8 Å². The molecular formula is C23H21N7O5S2. The number of oxime groups is 1. The number of nitrogens with two attached hydrogens (primary N) is 1. The molecule has 0 spiro atoms. The number of β-lactam (4-membered cyclic amide) rings is 1. The molecule has 2 aliphatic heterocycles. The van der Waals surface area contributed by atoms with Crippen molar-refractivity contribution < 1.29 is 28.9 Å². The summed E-state index contributed by atoms with van der Waals surface area (Å²) in [5, 5.41) is 20.0. The maximum absolute atomic E-state index is 13.1. The third kappa shape index (κ3) is 4.60. The van der Waals surface area contributed by atoms with Gasteiger partial charge in [0.1, 0.15) is 18.0 Å². The number of carbonyl (C=O) groups is 3. The number of pyridine rings is 1. The maximum atomic E-state index is 13.1. The lowest BCUT2D eigenvalue weighted by atomic mass is 10.0. The van der Waals surface area contributed by atoms with E-state index >= 15 is 0 Å². The summed E-state index contributed by atoms with van der Waals surface area (Å²) < 4.78 is 3.01. The number of carbonyl (C=O) groups excluding carboxylic acids is 3. The van der Waals surface area contributed by atoms with Crippen molar-refractivity contribution in [3.8, 4) is 0 Å². The molecule has 0 saturated carbocycles. The van der Waals surface area contributed by atoms with Crippen molar-refractivity contribution in [2.75, 3.05) is 18.1 Å². The van der Waals surface area contributed by atoms with Gasteiger partial charge in [-0.05, 0) is 18.4 Å². The van der Waals surface area contributed by atoms with Gasteiger partial charge in [0.2, 0.25) is 11.5 Å². The van der Waals surface area contributed by atoms with Crippen molar-refractivity contribution in [3.05, 3.63) is 59.0 Å². The number of carboxylic acid groups (broad SMARTS) is 1. The normalized spacial score (nSPS) is 19.4. The number of nitrogen functional groups attached to an aromatic ring is 1. The van der Waals surface area contributed by atoms with Crippen LogP contribution < -0.4 is 20.7 Å². The molecule has 3 N–H and O–H groups in total. The molecule has 3 aromatic heterocycles. The summed E-state index contributed by atoms with van der Waals surface area (Å²) in [6.07, 6.45) is 4.50. The van der Waals surface area contributed by atoms with Crippen LogP contribution in [0.25, 0.3) is 10.2 Å². The minimum atomic E-state index is -1.44. The van der Waals surface area contributed by atoms with Crippen LogP contribution in [0.5, 0.6) is 0 Å². The van der Waals surface area contributed by atoms with Crippen molar-refractivity contribution in [1.82, 2.24) is 20.2 Å². The minimum absolute atomic E-state index is 0.0223. The average molecular weight is 540 g/mol. The van der Waals surface area contributed by atoms with Gasteiger partial charge in [0.05, 0.1) is 16.4 Å². The van der Waals surface area contributed by atoms with Gasteiger partial charge in [0.25, 0.3) is 11.8 Å². The highest BCUT2D eigenvalue weighted by atomic mass is 32.2. The fourth-order valence-electron chi connectivity index (χ4n) is 4.15. The van der Waals surface area contributed by atoms with Crippen LogP contribution in [0.2, 0.25) is 0 Å². The maximum Gasteiger partial charge on any atom is 0.274 e. The molecule has 1 saturated heterocycles. The zero-order valence-electron chi connectivity index (χ0n) is 19.5. The molecule has 0 aromatic carbocycles. The van der Waals surface area contributed by atoms with E-state index in [-0.39, 0.29) is 29.5 Å². The number of hydrogen-bond acceptors (Lipinski definition) is 11. The van der Waals surface area contributed by atoms with Crippen LogP contribution in [-0.4, -0.2) is 62.1 Å². The quantitative estimate of drug-likeness (QED) is 0.164. The van der Waals surface area contributed by atoms with Gasteiger partial charge >= 0.3 is 0 Å². The number of rotatable bonds is 8. The number of nitrogens with zero attached hydrogens (tertiary/aromatic N) is 5. The smallest absolute Gasteiger partial charge is 0.274 e. The molecule has 190 valence electrons. The van der Waals surface area contributed by atoms with Gasteiger partial charge in [0.15, 0.2) is 18.5 Å². The average Bonchev–Trinajstić information content (AvgIpc) is 3.38. The van der Waals surface area contributed by atoms with E-state index in [9.17, 15) is 19.5 Å². The second kappa shape index (κ2) is 10.1. The number of aromatic nitrogens is 3. The lowest BCUT2D eigenvalue weighted by Crippen LogP contribution is -2.71. The van der Waals surface area contributed by atoms with E-state index in [1.807, 2.05) is 34.3 Å². The van der Waals surface area contributed by atoms with Crippen molar-refractivity contribution in [2.24, 2.45) is 5.16 Å². The van der Waals surface area contributed by atoms with E-state index in [4.69, 9.17) is 10.6 Å². The molecule has 3 aromatic rings. The van der Waals surface area contributed by atoms with Crippen LogP contribution in [0.1, 0.15) is 12.5 Å². The summed E-state index contributed by atoms with van der Waals surface area (Å²) in [6.45, 7) is 2.20. The molecule has 5 rings (SSSR count). The van der Waals surface area contributed by atoms with Gasteiger partial charge in [0, 0.05) is 41.4 Å². The largest absolute Gasteiger partial charge is 0.543 e. The molecule has 2 aliphatic rings. The number of anilines is 1. The van der Waals surface area contributed by atoms with E-state index in [1.165, 1.54) is 29.1 Å². The molecule has 12 nitrogen and oxygen atoms in total. The van der Waals surface area contributed by atoms with Crippen LogP contribution in [0, 0.1) is 0 Å². The highest BCUT2D eigenvalue weighted by Gasteiger charge is 2.53. The topological polar surface area (TPSA) is 167 Å². The highest BCUT2D eigenvalue weighted by Crippen LogP contribution is 2.40. The first kappa shape index (κ1) is 24.6. The van der Waals surface area contributed by atoms with Crippen LogP contribution in [0.4, 0.5) is 5.95 Å². The molecule has 1 fully saturated rings.